The topological polar surface area (TPSA) is 71.7 Å². The highest BCUT2D eigenvalue weighted by molar-refractivity contribution is 5.79. The van der Waals surface area contributed by atoms with Crippen LogP contribution >= 0.6 is 0 Å². The van der Waals surface area contributed by atoms with Gasteiger partial charge in [0.15, 0.2) is 0 Å². The molecule has 18 heavy (non-hydrogen) atoms. The maximum atomic E-state index is 5.58. The molecule has 1 aliphatic carbocycles. The van der Waals surface area contributed by atoms with Crippen molar-refractivity contribution in [3.05, 3.63) is 0 Å². The SMILES string of the molecule is CC1COCCC1N=C(NN)NC1CCCCC1. The third-order valence-electron chi connectivity index (χ3n) is 3.97. The lowest BCUT2D eigenvalue weighted by Gasteiger charge is -2.28. The van der Waals surface area contributed by atoms with Crippen LogP contribution in [0.5, 0.6) is 0 Å². The van der Waals surface area contributed by atoms with Crippen molar-refractivity contribution >= 4 is 5.96 Å². The van der Waals surface area contributed by atoms with E-state index in [9.17, 15) is 0 Å². The van der Waals surface area contributed by atoms with Gasteiger partial charge in [-0.2, -0.15) is 0 Å². The van der Waals surface area contributed by atoms with Gasteiger partial charge in [-0.05, 0) is 19.3 Å². The van der Waals surface area contributed by atoms with Crippen LogP contribution in [0.2, 0.25) is 0 Å². The standard InChI is InChI=1S/C13H26N4O/c1-10-9-18-8-7-12(10)16-13(17-14)15-11-5-3-2-4-6-11/h10-12H,2-9,14H2,1H3,(H2,15,16,17). The molecule has 2 rings (SSSR count). The van der Waals surface area contributed by atoms with Crippen molar-refractivity contribution in [1.82, 2.24) is 10.7 Å². The molecule has 4 N–H and O–H groups in total. The quantitative estimate of drug-likeness (QED) is 0.299. The number of aliphatic imine (C=N–C) groups is 1. The maximum absolute atomic E-state index is 5.58. The fourth-order valence-corrected chi connectivity index (χ4v) is 2.78. The van der Waals surface area contributed by atoms with Gasteiger partial charge in [0, 0.05) is 18.6 Å². The number of nitrogens with two attached hydrogens (primary N) is 1. The third kappa shape index (κ3) is 3.85. The molecule has 5 nitrogen and oxygen atoms in total. The van der Waals surface area contributed by atoms with Crippen molar-refractivity contribution in [2.24, 2.45) is 16.8 Å². The van der Waals surface area contributed by atoms with Crippen molar-refractivity contribution in [1.29, 1.82) is 0 Å². The van der Waals surface area contributed by atoms with Crippen LogP contribution in [0.25, 0.3) is 0 Å². The van der Waals surface area contributed by atoms with Crippen LogP contribution in [0.3, 0.4) is 0 Å². The molecule has 0 amide bonds. The minimum absolute atomic E-state index is 0.320. The molecule has 1 saturated carbocycles. The van der Waals surface area contributed by atoms with E-state index >= 15 is 0 Å². The van der Waals surface area contributed by atoms with Gasteiger partial charge in [0.1, 0.15) is 0 Å². The Morgan fingerprint density at radius 1 is 1.22 bits per heavy atom. The van der Waals surface area contributed by atoms with Gasteiger partial charge in [-0.3, -0.25) is 5.43 Å². The zero-order valence-corrected chi connectivity index (χ0v) is 11.3. The molecule has 1 heterocycles. The molecule has 0 radical (unpaired) electrons. The predicted octanol–water partition coefficient (Wildman–Crippen LogP) is 1.15. The number of nitrogens with one attached hydrogen (secondary N) is 2. The Balaban J connectivity index is 1.89. The van der Waals surface area contributed by atoms with Crippen molar-refractivity contribution < 1.29 is 4.74 Å². The molecular weight excluding hydrogens is 228 g/mol. The first-order valence-electron chi connectivity index (χ1n) is 7.18. The third-order valence-corrected chi connectivity index (χ3v) is 3.97. The fraction of sp³-hybridized carbons (Fsp3) is 0.923. The molecule has 1 aliphatic heterocycles. The van der Waals surface area contributed by atoms with E-state index < -0.39 is 0 Å². The number of ether oxygens (including phenoxy) is 1. The van der Waals surface area contributed by atoms with Crippen LogP contribution in [0.15, 0.2) is 4.99 Å². The molecule has 0 aromatic rings. The summed E-state index contributed by atoms with van der Waals surface area (Å²) in [5.74, 6) is 6.80. The molecule has 2 aliphatic rings. The Labute approximate surface area is 110 Å². The first-order valence-corrected chi connectivity index (χ1v) is 7.18. The summed E-state index contributed by atoms with van der Waals surface area (Å²) in [5, 5.41) is 3.45. The van der Waals surface area contributed by atoms with E-state index in [-0.39, 0.29) is 0 Å². The van der Waals surface area contributed by atoms with Gasteiger partial charge in [0.25, 0.3) is 0 Å². The van der Waals surface area contributed by atoms with Crippen molar-refractivity contribution in [3.63, 3.8) is 0 Å². The predicted molar refractivity (Wildman–Crippen MR) is 73.2 cm³/mol. The molecule has 2 atom stereocenters. The Bertz CT molecular complexity index is 276. The molecule has 104 valence electrons. The summed E-state index contributed by atoms with van der Waals surface area (Å²) in [6.45, 7) is 3.79. The van der Waals surface area contributed by atoms with Crippen LogP contribution < -0.4 is 16.6 Å². The lowest BCUT2D eigenvalue weighted by atomic mass is 9.95. The smallest absolute Gasteiger partial charge is 0.206 e. The van der Waals surface area contributed by atoms with E-state index in [0.29, 0.717) is 18.0 Å². The van der Waals surface area contributed by atoms with Crippen molar-refractivity contribution in [3.8, 4) is 0 Å². The van der Waals surface area contributed by atoms with Crippen LogP contribution in [0.1, 0.15) is 45.4 Å². The molecule has 0 bridgehead atoms. The number of hydrogen-bond acceptors (Lipinski definition) is 3. The first-order chi connectivity index (χ1) is 8.79. The van der Waals surface area contributed by atoms with Gasteiger partial charge in [0.05, 0.1) is 12.6 Å². The van der Waals surface area contributed by atoms with E-state index in [2.05, 4.69) is 17.7 Å². The summed E-state index contributed by atoms with van der Waals surface area (Å²) in [6.07, 6.45) is 7.41. The van der Waals surface area contributed by atoms with Crippen LogP contribution in [0, 0.1) is 5.92 Å². The van der Waals surface area contributed by atoms with Crippen molar-refractivity contribution in [2.75, 3.05) is 13.2 Å². The molecule has 0 aromatic heterocycles. The molecule has 5 heteroatoms. The Morgan fingerprint density at radius 2 is 2.00 bits per heavy atom. The Hall–Kier alpha value is -0.810. The van der Waals surface area contributed by atoms with Gasteiger partial charge in [0.2, 0.25) is 5.96 Å². The highest BCUT2D eigenvalue weighted by Crippen LogP contribution is 2.19. The van der Waals surface area contributed by atoms with E-state index in [0.717, 1.165) is 25.6 Å². The molecular formula is C13H26N4O. The summed E-state index contributed by atoms with van der Waals surface area (Å²) >= 11 is 0. The monoisotopic (exact) mass is 254 g/mol. The minimum atomic E-state index is 0.320. The maximum Gasteiger partial charge on any atom is 0.206 e. The number of hydrazine groups is 1. The minimum Gasteiger partial charge on any atom is -0.381 e. The Kier molecular flexibility index (Phi) is 5.26. The molecule has 0 aromatic carbocycles. The first kappa shape index (κ1) is 13.6. The van der Waals surface area contributed by atoms with E-state index in [1.807, 2.05) is 0 Å². The zero-order chi connectivity index (χ0) is 12.8. The van der Waals surface area contributed by atoms with Gasteiger partial charge in [-0.1, -0.05) is 26.2 Å². The summed E-state index contributed by atoms with van der Waals surface area (Å²) < 4.78 is 5.44. The second-order valence-electron chi connectivity index (χ2n) is 5.51. The summed E-state index contributed by atoms with van der Waals surface area (Å²) in [5.41, 5.74) is 2.72. The molecule has 2 fully saturated rings. The van der Waals surface area contributed by atoms with Gasteiger partial charge < -0.3 is 10.1 Å². The lowest BCUT2D eigenvalue weighted by Crippen LogP contribution is -2.48. The molecule has 0 spiro atoms. The lowest BCUT2D eigenvalue weighted by molar-refractivity contribution is 0.0495. The van der Waals surface area contributed by atoms with Gasteiger partial charge in [-0.15, -0.1) is 0 Å². The van der Waals surface area contributed by atoms with E-state index in [4.69, 9.17) is 15.6 Å². The largest absolute Gasteiger partial charge is 0.381 e. The molecule has 1 saturated heterocycles. The van der Waals surface area contributed by atoms with Crippen LogP contribution in [-0.2, 0) is 4.74 Å². The highest BCUT2D eigenvalue weighted by atomic mass is 16.5. The molecule has 2 unspecified atom stereocenters. The normalized spacial score (nSPS) is 31.1. The van der Waals surface area contributed by atoms with Gasteiger partial charge >= 0.3 is 0 Å². The Morgan fingerprint density at radius 3 is 2.67 bits per heavy atom. The number of hydrogen-bond donors (Lipinski definition) is 3. The van der Waals surface area contributed by atoms with Gasteiger partial charge in [-0.25, -0.2) is 10.8 Å². The average Bonchev–Trinajstić information content (AvgIpc) is 2.41. The van der Waals surface area contributed by atoms with Crippen LogP contribution in [-0.4, -0.2) is 31.3 Å². The number of guanidine groups is 1. The second kappa shape index (κ2) is 6.95. The fourth-order valence-electron chi connectivity index (χ4n) is 2.78. The number of nitrogens with zero attached hydrogens (tertiary/aromatic N) is 1. The highest BCUT2D eigenvalue weighted by Gasteiger charge is 2.22. The summed E-state index contributed by atoms with van der Waals surface area (Å²) in [6, 6.07) is 0.851. The second-order valence-corrected chi connectivity index (χ2v) is 5.51. The number of rotatable bonds is 2. The van der Waals surface area contributed by atoms with E-state index in [1.165, 1.54) is 32.1 Å². The zero-order valence-electron chi connectivity index (χ0n) is 11.3. The van der Waals surface area contributed by atoms with Crippen LogP contribution in [0.4, 0.5) is 0 Å². The summed E-state index contributed by atoms with van der Waals surface area (Å²) in [7, 11) is 0. The van der Waals surface area contributed by atoms with E-state index in [1.54, 1.807) is 0 Å². The average molecular weight is 254 g/mol. The summed E-state index contributed by atoms with van der Waals surface area (Å²) in [4.78, 5) is 4.72. The van der Waals surface area contributed by atoms with Crippen molar-refractivity contribution in [2.45, 2.75) is 57.5 Å².